The number of hydrogen-bond donors (Lipinski definition) is 0. The summed E-state index contributed by atoms with van der Waals surface area (Å²) in [5.41, 5.74) is 1.23. The van der Waals surface area contributed by atoms with Crippen LogP contribution < -0.4 is 10.0 Å². The number of halogens is 3. The first-order valence-corrected chi connectivity index (χ1v) is 12.7. The zero-order chi connectivity index (χ0) is 29.9. The molecule has 0 amide bonds. The monoisotopic (exact) mass is 546 g/mol. The summed E-state index contributed by atoms with van der Waals surface area (Å²) < 4.78 is 47.4. The van der Waals surface area contributed by atoms with Gasteiger partial charge in [-0.25, -0.2) is 13.2 Å². The van der Waals surface area contributed by atoms with Gasteiger partial charge in [-0.2, -0.15) is 0 Å². The number of quaternary nitrogens is 2. The van der Waals surface area contributed by atoms with Crippen LogP contribution in [-0.2, 0) is 10.1 Å². The number of hydrogen-bond acceptors (Lipinski definition) is 3. The molecule has 0 fully saturated rings. The maximum absolute atomic E-state index is 13.6. The maximum Gasteiger partial charge on any atom is 0.123 e. The van der Waals surface area contributed by atoms with Gasteiger partial charge >= 0.3 is 0 Å². The van der Waals surface area contributed by atoms with Crippen molar-refractivity contribution in [3.05, 3.63) is 107 Å². The molecule has 39 heavy (non-hydrogen) atoms. The molecule has 0 unspecified atom stereocenters. The average molecular weight is 546 g/mol. The van der Waals surface area contributed by atoms with Crippen molar-refractivity contribution in [2.45, 2.75) is 18.3 Å². The van der Waals surface area contributed by atoms with E-state index in [0.29, 0.717) is 29.5 Å². The first kappa shape index (κ1) is 34.3. The largest absolute Gasteiger partial charge is 0.871 e. The molecular weight excluding hydrogens is 504 g/mol. The SMILES string of the molecule is C[N+](C)(C)C.C[N+](C)(C)C.[O-]B([O-])OCCCC(c1ccc(F)cc1)(c1ccc(F)cc1)c1ccc(F)cc1. The highest BCUT2D eigenvalue weighted by Crippen LogP contribution is 2.43. The number of rotatable bonds is 8. The van der Waals surface area contributed by atoms with Gasteiger partial charge in [0.2, 0.25) is 0 Å². The zero-order valence-corrected chi connectivity index (χ0v) is 24.4. The molecule has 0 N–H and O–H groups in total. The minimum absolute atomic E-state index is 0.0665. The fraction of sp³-hybridized carbons (Fsp3) is 0.400. The maximum atomic E-state index is 13.6. The van der Waals surface area contributed by atoms with Gasteiger partial charge in [0.05, 0.1) is 63.7 Å². The predicted molar refractivity (Wildman–Crippen MR) is 148 cm³/mol. The van der Waals surface area contributed by atoms with Crippen LogP contribution in [-0.4, -0.2) is 79.3 Å². The molecule has 214 valence electrons. The van der Waals surface area contributed by atoms with Crippen molar-refractivity contribution in [2.75, 3.05) is 63.0 Å². The Hall–Kier alpha value is -2.69. The lowest BCUT2D eigenvalue weighted by atomic mass is 9.67. The van der Waals surface area contributed by atoms with Crippen molar-refractivity contribution < 1.29 is 36.8 Å². The minimum Gasteiger partial charge on any atom is -0.871 e. The summed E-state index contributed by atoms with van der Waals surface area (Å²) >= 11 is 0. The van der Waals surface area contributed by atoms with E-state index in [9.17, 15) is 23.2 Å². The van der Waals surface area contributed by atoms with Crippen LogP contribution in [0.25, 0.3) is 0 Å². The molecule has 3 aromatic carbocycles. The van der Waals surface area contributed by atoms with Gasteiger partial charge in [-0.05, 0) is 65.9 Å². The second-order valence-electron chi connectivity index (χ2n) is 12.1. The molecular formula is C30H42BF3N2O3. The Kier molecular flexibility index (Phi) is 13.4. The van der Waals surface area contributed by atoms with Crippen LogP contribution in [0.15, 0.2) is 72.8 Å². The first-order valence-electron chi connectivity index (χ1n) is 12.7. The Morgan fingerprint density at radius 3 is 1.08 bits per heavy atom. The van der Waals surface area contributed by atoms with E-state index in [1.807, 2.05) is 0 Å². The number of nitrogens with zero attached hydrogens (tertiary/aromatic N) is 2. The quantitative estimate of drug-likeness (QED) is 0.188. The van der Waals surface area contributed by atoms with Gasteiger partial charge < -0.3 is 23.7 Å². The molecule has 3 rings (SSSR count). The Balaban J connectivity index is 0.000000650. The standard InChI is InChI=1S/C22H18BF3O3.2C4H12N/c24-19-8-2-16(3-9-19)22(14-1-15-29-23(27)28,17-4-10-20(25)11-5-17)18-6-12-21(26)13-7-18;2*1-5(2,3)4/h2-13H,1,14-15H2;2*1-4H3/q-2;2*+1. The molecule has 0 radical (unpaired) electrons. The Labute approximate surface area is 232 Å². The lowest BCUT2D eigenvalue weighted by molar-refractivity contribution is -0.849. The molecule has 0 aliphatic rings. The van der Waals surface area contributed by atoms with Crippen molar-refractivity contribution in [3.8, 4) is 0 Å². The summed E-state index contributed by atoms with van der Waals surface area (Å²) in [6.45, 7) is -0.0665. The number of benzene rings is 3. The van der Waals surface area contributed by atoms with Gasteiger partial charge in [0, 0.05) is 12.0 Å². The van der Waals surface area contributed by atoms with E-state index in [-0.39, 0.29) is 6.61 Å². The fourth-order valence-corrected chi connectivity index (χ4v) is 3.65. The van der Waals surface area contributed by atoms with Crippen LogP contribution in [0.1, 0.15) is 29.5 Å². The molecule has 3 aromatic rings. The van der Waals surface area contributed by atoms with Crippen LogP contribution in [0.3, 0.4) is 0 Å². The highest BCUT2D eigenvalue weighted by molar-refractivity contribution is 6.28. The molecule has 9 heteroatoms. The average Bonchev–Trinajstić information content (AvgIpc) is 2.79. The van der Waals surface area contributed by atoms with Crippen LogP contribution in [0.4, 0.5) is 13.2 Å². The van der Waals surface area contributed by atoms with Crippen LogP contribution in [0.2, 0.25) is 0 Å². The molecule has 0 aliphatic heterocycles. The highest BCUT2D eigenvalue weighted by Gasteiger charge is 2.36. The first-order chi connectivity index (χ1) is 17.9. The lowest BCUT2D eigenvalue weighted by Gasteiger charge is -2.37. The summed E-state index contributed by atoms with van der Waals surface area (Å²) in [4.78, 5) is 0. The van der Waals surface area contributed by atoms with E-state index in [1.54, 1.807) is 36.4 Å². The predicted octanol–water partition coefficient (Wildman–Crippen LogP) is 3.59. The van der Waals surface area contributed by atoms with Crippen molar-refractivity contribution in [1.82, 2.24) is 0 Å². The zero-order valence-electron chi connectivity index (χ0n) is 24.4. The van der Waals surface area contributed by atoms with E-state index in [2.05, 4.69) is 61.0 Å². The Morgan fingerprint density at radius 2 is 0.846 bits per heavy atom. The van der Waals surface area contributed by atoms with Crippen LogP contribution in [0, 0.1) is 17.5 Å². The Morgan fingerprint density at radius 1 is 0.590 bits per heavy atom. The van der Waals surface area contributed by atoms with E-state index in [0.717, 1.165) is 8.97 Å². The van der Waals surface area contributed by atoms with E-state index in [1.165, 1.54) is 36.4 Å². The second-order valence-corrected chi connectivity index (χ2v) is 12.1. The minimum atomic E-state index is -2.38. The highest BCUT2D eigenvalue weighted by atomic mass is 19.1. The van der Waals surface area contributed by atoms with Crippen LogP contribution in [0.5, 0.6) is 0 Å². The molecule has 0 saturated heterocycles. The third-order valence-electron chi connectivity index (χ3n) is 4.96. The fourth-order valence-electron chi connectivity index (χ4n) is 3.65. The molecule has 0 spiro atoms. The summed E-state index contributed by atoms with van der Waals surface area (Å²) in [7, 11) is 14.6. The van der Waals surface area contributed by atoms with Crippen molar-refractivity contribution in [1.29, 1.82) is 0 Å². The summed E-state index contributed by atoms with van der Waals surface area (Å²) in [5.74, 6) is -1.24. The van der Waals surface area contributed by atoms with Crippen LogP contribution >= 0.6 is 0 Å². The smallest absolute Gasteiger partial charge is 0.123 e. The van der Waals surface area contributed by atoms with E-state index in [4.69, 9.17) is 0 Å². The molecule has 0 atom stereocenters. The third-order valence-corrected chi connectivity index (χ3v) is 4.96. The van der Waals surface area contributed by atoms with Crippen molar-refractivity contribution in [2.24, 2.45) is 0 Å². The molecule has 0 heterocycles. The van der Waals surface area contributed by atoms with Crippen molar-refractivity contribution in [3.63, 3.8) is 0 Å². The molecule has 5 nitrogen and oxygen atoms in total. The molecule has 0 aliphatic carbocycles. The molecule has 0 aromatic heterocycles. The van der Waals surface area contributed by atoms with E-state index >= 15 is 0 Å². The van der Waals surface area contributed by atoms with Gasteiger partial charge in [0.1, 0.15) is 17.5 Å². The van der Waals surface area contributed by atoms with E-state index < -0.39 is 30.2 Å². The van der Waals surface area contributed by atoms with Gasteiger partial charge in [-0.1, -0.05) is 36.4 Å². The van der Waals surface area contributed by atoms with Gasteiger partial charge in [0.25, 0.3) is 0 Å². The molecule has 0 saturated carbocycles. The summed E-state index contributed by atoms with van der Waals surface area (Å²) in [5, 5.41) is 21.3. The normalized spacial score (nSPS) is 11.6. The van der Waals surface area contributed by atoms with Crippen molar-refractivity contribution >= 4 is 7.32 Å². The molecule has 0 bridgehead atoms. The van der Waals surface area contributed by atoms with Gasteiger partial charge in [0.15, 0.2) is 0 Å². The second kappa shape index (κ2) is 15.2. The summed E-state index contributed by atoms with van der Waals surface area (Å²) in [6.07, 6.45) is 0.690. The lowest BCUT2D eigenvalue weighted by Crippen LogP contribution is -2.48. The third kappa shape index (κ3) is 13.8. The topological polar surface area (TPSA) is 55.3 Å². The summed E-state index contributed by atoms with van der Waals surface area (Å²) in [6, 6.07) is 17.6. The Bertz CT molecular complexity index is 962. The van der Waals surface area contributed by atoms with Gasteiger partial charge in [-0.15, -0.1) is 0 Å². The van der Waals surface area contributed by atoms with Gasteiger partial charge in [-0.3, -0.25) is 0 Å².